The number of rotatable bonds is 7. The van der Waals surface area contributed by atoms with Crippen LogP contribution in [0, 0.1) is 0 Å². The Labute approximate surface area is 155 Å². The number of amides is 1. The maximum Gasteiger partial charge on any atom is 0.326 e. The Morgan fingerprint density at radius 1 is 1.04 bits per heavy atom. The smallest absolute Gasteiger partial charge is 0.326 e. The van der Waals surface area contributed by atoms with Crippen molar-refractivity contribution in [3.8, 4) is 10.6 Å². The van der Waals surface area contributed by atoms with Gasteiger partial charge in [-0.2, -0.15) is 0 Å². The molecule has 0 saturated carbocycles. The summed E-state index contributed by atoms with van der Waals surface area (Å²) < 4.78 is 0. The van der Waals surface area contributed by atoms with E-state index in [0.29, 0.717) is 5.69 Å². The van der Waals surface area contributed by atoms with Crippen LogP contribution in [0.25, 0.3) is 10.6 Å². The predicted molar refractivity (Wildman–Crippen MR) is 101 cm³/mol. The van der Waals surface area contributed by atoms with Gasteiger partial charge in [0, 0.05) is 17.4 Å². The number of thiazole rings is 1. The van der Waals surface area contributed by atoms with E-state index >= 15 is 0 Å². The molecule has 3 rings (SSSR count). The lowest BCUT2D eigenvalue weighted by atomic mass is 10.1. The summed E-state index contributed by atoms with van der Waals surface area (Å²) in [7, 11) is 0. The van der Waals surface area contributed by atoms with Gasteiger partial charge in [0.15, 0.2) is 0 Å². The van der Waals surface area contributed by atoms with Crippen LogP contribution < -0.4 is 5.32 Å². The largest absolute Gasteiger partial charge is 0.480 e. The van der Waals surface area contributed by atoms with Gasteiger partial charge in [0.25, 0.3) is 0 Å². The van der Waals surface area contributed by atoms with Crippen molar-refractivity contribution in [3.05, 3.63) is 77.3 Å². The first-order chi connectivity index (χ1) is 12.6. The van der Waals surface area contributed by atoms with Gasteiger partial charge in [-0.05, 0) is 5.56 Å². The SMILES string of the molecule is O=C(Cc1csc(-c2ccccc2)n1)N[C@H](Cc1ccccc1)C(=O)O. The number of hydrogen-bond acceptors (Lipinski definition) is 4. The second kappa shape index (κ2) is 8.40. The van der Waals surface area contributed by atoms with Gasteiger partial charge in [0.1, 0.15) is 11.0 Å². The van der Waals surface area contributed by atoms with Crippen molar-refractivity contribution in [1.29, 1.82) is 0 Å². The molecule has 0 radical (unpaired) electrons. The second-order valence-electron chi connectivity index (χ2n) is 5.83. The number of carbonyl (C=O) groups excluding carboxylic acids is 1. The first kappa shape index (κ1) is 17.8. The number of nitrogens with zero attached hydrogens (tertiary/aromatic N) is 1. The van der Waals surface area contributed by atoms with Crippen molar-refractivity contribution in [2.45, 2.75) is 18.9 Å². The fourth-order valence-electron chi connectivity index (χ4n) is 2.56. The highest BCUT2D eigenvalue weighted by Crippen LogP contribution is 2.23. The van der Waals surface area contributed by atoms with E-state index in [0.717, 1.165) is 16.1 Å². The van der Waals surface area contributed by atoms with E-state index in [1.54, 1.807) is 0 Å². The minimum absolute atomic E-state index is 0.0574. The standard InChI is InChI=1S/C20H18N2O3S/c23-18(22-17(20(24)25)11-14-7-3-1-4-8-14)12-16-13-26-19(21-16)15-9-5-2-6-10-15/h1-10,13,17H,11-12H2,(H,22,23)(H,24,25)/t17-/m1/s1. The van der Waals surface area contributed by atoms with Gasteiger partial charge in [-0.25, -0.2) is 9.78 Å². The fourth-order valence-corrected chi connectivity index (χ4v) is 3.39. The van der Waals surface area contributed by atoms with E-state index in [1.807, 2.05) is 66.0 Å². The molecule has 0 bridgehead atoms. The van der Waals surface area contributed by atoms with Crippen molar-refractivity contribution in [2.24, 2.45) is 0 Å². The molecular weight excluding hydrogens is 348 g/mol. The molecule has 0 fully saturated rings. The number of carboxylic acids is 1. The molecule has 0 aliphatic carbocycles. The molecule has 0 spiro atoms. The Hall–Kier alpha value is -2.99. The Morgan fingerprint density at radius 3 is 2.35 bits per heavy atom. The summed E-state index contributed by atoms with van der Waals surface area (Å²) in [5.41, 5.74) is 2.49. The lowest BCUT2D eigenvalue weighted by Gasteiger charge is -2.14. The number of nitrogens with one attached hydrogen (secondary N) is 1. The van der Waals surface area contributed by atoms with Crippen molar-refractivity contribution in [2.75, 3.05) is 0 Å². The highest BCUT2D eigenvalue weighted by atomic mass is 32.1. The topological polar surface area (TPSA) is 79.3 Å². The minimum atomic E-state index is -1.05. The Balaban J connectivity index is 1.62. The maximum atomic E-state index is 12.3. The molecule has 1 heterocycles. The van der Waals surface area contributed by atoms with Crippen LogP contribution in [-0.2, 0) is 22.4 Å². The van der Waals surface area contributed by atoms with Crippen LogP contribution in [0.15, 0.2) is 66.0 Å². The van der Waals surface area contributed by atoms with E-state index in [2.05, 4.69) is 10.3 Å². The lowest BCUT2D eigenvalue weighted by Crippen LogP contribution is -2.43. The summed E-state index contributed by atoms with van der Waals surface area (Å²) in [6.07, 6.45) is 0.302. The van der Waals surface area contributed by atoms with E-state index in [9.17, 15) is 14.7 Å². The van der Waals surface area contributed by atoms with Crippen LogP contribution >= 0.6 is 11.3 Å². The molecule has 26 heavy (non-hydrogen) atoms. The number of aliphatic carboxylic acids is 1. The summed E-state index contributed by atoms with van der Waals surface area (Å²) in [6, 6.07) is 18.0. The van der Waals surface area contributed by atoms with Gasteiger partial charge in [0.2, 0.25) is 5.91 Å². The summed E-state index contributed by atoms with van der Waals surface area (Å²) in [4.78, 5) is 28.2. The molecule has 6 heteroatoms. The average Bonchev–Trinajstić information content (AvgIpc) is 3.11. The Morgan fingerprint density at radius 2 is 1.69 bits per heavy atom. The number of carboxylic acid groups (broad SMARTS) is 1. The van der Waals surface area contributed by atoms with Crippen LogP contribution in [0.5, 0.6) is 0 Å². The minimum Gasteiger partial charge on any atom is -0.480 e. The third-order valence-electron chi connectivity index (χ3n) is 3.83. The van der Waals surface area contributed by atoms with Gasteiger partial charge in [-0.15, -0.1) is 11.3 Å². The Bertz CT molecular complexity index is 878. The number of benzene rings is 2. The van der Waals surface area contributed by atoms with Crippen LogP contribution in [0.2, 0.25) is 0 Å². The van der Waals surface area contributed by atoms with Crippen molar-refractivity contribution in [3.63, 3.8) is 0 Å². The maximum absolute atomic E-state index is 12.3. The normalized spacial score (nSPS) is 11.7. The lowest BCUT2D eigenvalue weighted by molar-refractivity contribution is -0.141. The van der Waals surface area contributed by atoms with Crippen LogP contribution in [0.3, 0.4) is 0 Å². The average molecular weight is 366 g/mol. The molecule has 3 aromatic rings. The molecule has 0 unspecified atom stereocenters. The summed E-state index contributed by atoms with van der Waals surface area (Å²) >= 11 is 1.47. The molecule has 2 aromatic carbocycles. The van der Waals surface area contributed by atoms with E-state index in [1.165, 1.54) is 11.3 Å². The van der Waals surface area contributed by atoms with E-state index < -0.39 is 12.0 Å². The molecule has 0 aliphatic rings. The molecule has 0 aliphatic heterocycles. The molecular formula is C20H18N2O3S. The monoisotopic (exact) mass is 366 g/mol. The quantitative estimate of drug-likeness (QED) is 0.673. The number of aromatic nitrogens is 1. The number of carbonyl (C=O) groups is 2. The van der Waals surface area contributed by atoms with Gasteiger partial charge in [-0.3, -0.25) is 4.79 Å². The molecule has 1 aromatic heterocycles. The van der Waals surface area contributed by atoms with E-state index in [4.69, 9.17) is 0 Å². The Kier molecular flexibility index (Phi) is 5.76. The molecule has 132 valence electrons. The third-order valence-corrected chi connectivity index (χ3v) is 4.77. The van der Waals surface area contributed by atoms with Crippen LogP contribution in [-0.4, -0.2) is 28.0 Å². The molecule has 5 nitrogen and oxygen atoms in total. The highest BCUT2D eigenvalue weighted by Gasteiger charge is 2.21. The zero-order valence-electron chi connectivity index (χ0n) is 14.0. The first-order valence-electron chi connectivity index (χ1n) is 8.18. The zero-order chi connectivity index (χ0) is 18.4. The second-order valence-corrected chi connectivity index (χ2v) is 6.69. The first-order valence-corrected chi connectivity index (χ1v) is 9.05. The van der Waals surface area contributed by atoms with Gasteiger partial charge in [0.05, 0.1) is 12.1 Å². The predicted octanol–water partition coefficient (Wildman–Crippen LogP) is 3.16. The summed E-state index contributed by atoms with van der Waals surface area (Å²) in [5.74, 6) is -1.40. The molecule has 2 N–H and O–H groups in total. The van der Waals surface area contributed by atoms with Crippen molar-refractivity contribution < 1.29 is 14.7 Å². The molecule has 1 amide bonds. The number of hydrogen-bond donors (Lipinski definition) is 2. The molecule has 1 atom stereocenters. The van der Waals surface area contributed by atoms with E-state index in [-0.39, 0.29) is 18.7 Å². The highest BCUT2D eigenvalue weighted by molar-refractivity contribution is 7.13. The van der Waals surface area contributed by atoms with Crippen LogP contribution in [0.1, 0.15) is 11.3 Å². The van der Waals surface area contributed by atoms with Crippen molar-refractivity contribution >= 4 is 23.2 Å². The fraction of sp³-hybridized carbons (Fsp3) is 0.150. The zero-order valence-corrected chi connectivity index (χ0v) is 14.8. The third kappa shape index (κ3) is 4.77. The van der Waals surface area contributed by atoms with Gasteiger partial charge < -0.3 is 10.4 Å². The van der Waals surface area contributed by atoms with Crippen LogP contribution in [0.4, 0.5) is 0 Å². The summed E-state index contributed by atoms with van der Waals surface area (Å²) in [6.45, 7) is 0. The summed E-state index contributed by atoms with van der Waals surface area (Å²) in [5, 5.41) is 14.6. The van der Waals surface area contributed by atoms with Crippen molar-refractivity contribution in [1.82, 2.24) is 10.3 Å². The molecule has 0 saturated heterocycles. The van der Waals surface area contributed by atoms with Gasteiger partial charge in [-0.1, -0.05) is 60.7 Å². The van der Waals surface area contributed by atoms with Gasteiger partial charge >= 0.3 is 5.97 Å².